The summed E-state index contributed by atoms with van der Waals surface area (Å²) in [5.74, 6) is -2.56. The number of Topliss-reactive ketones (excluding diaryl/α,β-unsaturated/α-hetero) is 1. The van der Waals surface area contributed by atoms with Crippen molar-refractivity contribution in [3.8, 4) is 0 Å². The molecule has 0 radical (unpaired) electrons. The van der Waals surface area contributed by atoms with Gasteiger partial charge in [-0.05, 0) is 51.4 Å². The third-order valence-corrected chi connectivity index (χ3v) is 5.84. The number of phosphoric ester groups is 1. The zero-order chi connectivity index (χ0) is 27.5. The second kappa shape index (κ2) is 19.2. The van der Waals surface area contributed by atoms with E-state index in [1.165, 1.54) is 19.3 Å². The van der Waals surface area contributed by atoms with Gasteiger partial charge in [0.05, 0.1) is 0 Å². The second-order valence-corrected chi connectivity index (χ2v) is 9.76. The Morgan fingerprint density at radius 2 is 1.38 bits per heavy atom. The van der Waals surface area contributed by atoms with Gasteiger partial charge in [0.2, 0.25) is 11.9 Å². The van der Waals surface area contributed by atoms with Crippen molar-refractivity contribution in [3.05, 3.63) is 48.6 Å². The van der Waals surface area contributed by atoms with Crippen LogP contribution in [-0.4, -0.2) is 63.0 Å². The number of hydrogen-bond acceptors (Lipinski definition) is 8. The van der Waals surface area contributed by atoms with Crippen molar-refractivity contribution in [2.45, 2.75) is 95.7 Å². The van der Waals surface area contributed by atoms with E-state index in [4.69, 9.17) is 14.5 Å². The number of allylic oxidation sites excluding steroid dienone is 8. The van der Waals surface area contributed by atoms with Gasteiger partial charge >= 0.3 is 13.8 Å². The van der Waals surface area contributed by atoms with Crippen molar-refractivity contribution in [3.63, 3.8) is 0 Å². The van der Waals surface area contributed by atoms with Crippen molar-refractivity contribution >= 4 is 19.6 Å². The topological polar surface area (TPSA) is 160 Å². The third-order valence-electron chi connectivity index (χ3n) is 5.35. The lowest BCUT2D eigenvalue weighted by molar-refractivity contribution is -0.193. The van der Waals surface area contributed by atoms with E-state index in [2.05, 4.69) is 58.7 Å². The monoisotopic (exact) mass is 544 g/mol. The molecule has 1 aliphatic heterocycles. The molecular weight excluding hydrogens is 503 g/mol. The van der Waals surface area contributed by atoms with E-state index in [9.17, 15) is 24.4 Å². The largest absolute Gasteiger partial charge is 0.470 e. The van der Waals surface area contributed by atoms with Crippen LogP contribution in [-0.2, 0) is 28.2 Å². The Bertz CT molecular complexity index is 829. The van der Waals surface area contributed by atoms with Crippen LogP contribution in [0.5, 0.6) is 0 Å². The standard InChI is InChI=1S/C26H41O10P/c1-2-3-4-5-6-7-8-9-10-11-12-13-14-15-16-17-18-19-20-34-25(29)22(28)23-21(27)24(26(30)35-23)36-37(31,32)33/h6-7,9-10,12-13,15-16,22-25,28-29H,2-5,8,11,14,17-20H2,1H3,(H2,31,32,33)/t22-,23+,24?,25?/m1/s1. The van der Waals surface area contributed by atoms with Crippen molar-refractivity contribution in [1.29, 1.82) is 0 Å². The molecule has 1 rings (SSSR count). The van der Waals surface area contributed by atoms with Crippen LogP contribution < -0.4 is 0 Å². The van der Waals surface area contributed by atoms with Gasteiger partial charge in [0.1, 0.15) is 6.10 Å². The quantitative estimate of drug-likeness (QED) is 0.0443. The Labute approximate surface area is 218 Å². The first-order valence-corrected chi connectivity index (χ1v) is 14.3. The molecule has 210 valence electrons. The average molecular weight is 545 g/mol. The maximum absolute atomic E-state index is 12.0. The minimum atomic E-state index is -5.13. The van der Waals surface area contributed by atoms with Crippen LogP contribution in [0.4, 0.5) is 0 Å². The summed E-state index contributed by atoms with van der Waals surface area (Å²) in [4.78, 5) is 41.1. The fourth-order valence-electron chi connectivity index (χ4n) is 3.36. The maximum atomic E-state index is 12.0. The number of esters is 1. The number of unbranched alkanes of at least 4 members (excludes halogenated alkanes) is 5. The lowest BCUT2D eigenvalue weighted by atomic mass is 10.1. The summed E-state index contributed by atoms with van der Waals surface area (Å²) < 4.78 is 24.6. The van der Waals surface area contributed by atoms with Gasteiger partial charge in [-0.25, -0.2) is 9.36 Å². The molecule has 0 amide bonds. The molecule has 4 N–H and O–H groups in total. The summed E-state index contributed by atoms with van der Waals surface area (Å²) in [7, 11) is -5.13. The summed E-state index contributed by atoms with van der Waals surface area (Å²) in [6, 6.07) is 0. The summed E-state index contributed by atoms with van der Waals surface area (Å²) >= 11 is 0. The highest BCUT2D eigenvalue weighted by Gasteiger charge is 2.51. The van der Waals surface area contributed by atoms with Crippen LogP contribution in [0.15, 0.2) is 48.6 Å². The molecule has 1 heterocycles. The molecule has 0 spiro atoms. The zero-order valence-corrected chi connectivity index (χ0v) is 22.3. The molecule has 0 aromatic rings. The minimum absolute atomic E-state index is 0.0868. The lowest BCUT2D eigenvalue weighted by Crippen LogP contribution is -2.43. The maximum Gasteiger partial charge on any atom is 0.470 e. The summed E-state index contributed by atoms with van der Waals surface area (Å²) in [5.41, 5.74) is 0. The molecule has 0 bridgehead atoms. The Kier molecular flexibility index (Phi) is 17.2. The predicted molar refractivity (Wildman–Crippen MR) is 138 cm³/mol. The molecule has 0 aromatic carbocycles. The van der Waals surface area contributed by atoms with E-state index >= 15 is 0 Å². The molecular formula is C26H41O10P. The number of aliphatic hydroxyl groups excluding tert-OH is 2. The van der Waals surface area contributed by atoms with Gasteiger partial charge in [-0.1, -0.05) is 68.4 Å². The van der Waals surface area contributed by atoms with E-state index in [-0.39, 0.29) is 6.61 Å². The number of ketones is 1. The Morgan fingerprint density at radius 3 is 1.89 bits per heavy atom. The number of aliphatic hydroxyl groups is 2. The SMILES string of the molecule is CCCCCC=CCC=CCC=CCC=CCCCCOC(O)[C@H](O)[C@H]1OC(=O)C(OP(=O)(O)O)C1=O. The van der Waals surface area contributed by atoms with Crippen LogP contribution in [0.1, 0.15) is 71.1 Å². The first-order chi connectivity index (χ1) is 17.7. The smallest absolute Gasteiger partial charge is 0.449 e. The van der Waals surface area contributed by atoms with Crippen molar-refractivity contribution in [1.82, 2.24) is 0 Å². The molecule has 0 aliphatic carbocycles. The zero-order valence-electron chi connectivity index (χ0n) is 21.4. The fraction of sp³-hybridized carbons (Fsp3) is 0.615. The average Bonchev–Trinajstić information content (AvgIpc) is 3.11. The normalized spacial score (nSPS) is 20.7. The molecule has 0 saturated carbocycles. The van der Waals surface area contributed by atoms with Crippen LogP contribution in [0.25, 0.3) is 0 Å². The first kappa shape index (κ1) is 33.1. The van der Waals surface area contributed by atoms with E-state index in [1.807, 2.05) is 6.08 Å². The van der Waals surface area contributed by atoms with Crippen molar-refractivity contribution in [2.75, 3.05) is 6.61 Å². The molecule has 11 heteroatoms. The first-order valence-electron chi connectivity index (χ1n) is 12.7. The van der Waals surface area contributed by atoms with Gasteiger partial charge in [-0.3, -0.25) is 9.32 Å². The number of phosphoric acid groups is 1. The Hall–Kier alpha value is -1.91. The Morgan fingerprint density at radius 1 is 0.865 bits per heavy atom. The van der Waals surface area contributed by atoms with E-state index in [1.54, 1.807) is 0 Å². The lowest BCUT2D eigenvalue weighted by Gasteiger charge is -2.21. The number of carbonyl (C=O) groups is 2. The van der Waals surface area contributed by atoms with E-state index in [0.29, 0.717) is 6.42 Å². The Balaban J connectivity index is 2.11. The number of ether oxygens (including phenoxy) is 2. The third kappa shape index (κ3) is 15.2. The number of hydrogen-bond donors (Lipinski definition) is 4. The molecule has 2 unspecified atom stereocenters. The highest BCUT2D eigenvalue weighted by atomic mass is 31.2. The molecule has 1 aliphatic rings. The van der Waals surface area contributed by atoms with Crippen molar-refractivity contribution < 1.29 is 48.2 Å². The van der Waals surface area contributed by atoms with E-state index in [0.717, 1.165) is 38.5 Å². The summed E-state index contributed by atoms with van der Waals surface area (Å²) in [5, 5.41) is 19.9. The summed E-state index contributed by atoms with van der Waals surface area (Å²) in [6.45, 7) is 2.29. The fourth-order valence-corrected chi connectivity index (χ4v) is 3.82. The highest BCUT2D eigenvalue weighted by molar-refractivity contribution is 7.46. The molecule has 37 heavy (non-hydrogen) atoms. The van der Waals surface area contributed by atoms with Gasteiger partial charge in [0.15, 0.2) is 12.4 Å². The van der Waals surface area contributed by atoms with Gasteiger partial charge < -0.3 is 29.5 Å². The molecule has 4 atom stereocenters. The predicted octanol–water partition coefficient (Wildman–Crippen LogP) is 3.80. The van der Waals surface area contributed by atoms with Crippen LogP contribution in [0.2, 0.25) is 0 Å². The van der Waals surface area contributed by atoms with E-state index < -0.39 is 44.2 Å². The molecule has 1 fully saturated rings. The highest BCUT2D eigenvalue weighted by Crippen LogP contribution is 2.39. The second-order valence-electron chi connectivity index (χ2n) is 8.57. The van der Waals surface area contributed by atoms with Gasteiger partial charge in [-0.2, -0.15) is 0 Å². The minimum Gasteiger partial charge on any atom is -0.449 e. The molecule has 10 nitrogen and oxygen atoms in total. The molecule has 1 saturated heterocycles. The van der Waals surface area contributed by atoms with Crippen LogP contribution in [0, 0.1) is 0 Å². The number of carbonyl (C=O) groups excluding carboxylic acids is 2. The van der Waals surface area contributed by atoms with Gasteiger partial charge in [0.25, 0.3) is 0 Å². The van der Waals surface area contributed by atoms with Crippen LogP contribution >= 0.6 is 7.82 Å². The molecule has 0 aromatic heterocycles. The van der Waals surface area contributed by atoms with Gasteiger partial charge in [-0.15, -0.1) is 0 Å². The number of cyclic esters (lactones) is 1. The summed E-state index contributed by atoms with van der Waals surface area (Å²) in [6.07, 6.45) is 19.2. The van der Waals surface area contributed by atoms with Gasteiger partial charge in [0, 0.05) is 6.61 Å². The number of rotatable bonds is 20. The van der Waals surface area contributed by atoms with Crippen LogP contribution in [0.3, 0.4) is 0 Å². The van der Waals surface area contributed by atoms with Crippen molar-refractivity contribution in [2.24, 2.45) is 0 Å².